The van der Waals surface area contributed by atoms with Crippen molar-refractivity contribution in [2.24, 2.45) is 10.3 Å². The second kappa shape index (κ2) is 15.7. The van der Waals surface area contributed by atoms with Gasteiger partial charge >= 0.3 is 24.0 Å². The van der Waals surface area contributed by atoms with Gasteiger partial charge in [0.1, 0.15) is 35.2 Å². The van der Waals surface area contributed by atoms with Crippen molar-refractivity contribution in [3.63, 3.8) is 0 Å². The Balaban J connectivity index is 1.31. The molecule has 19 nitrogen and oxygen atoms in total. The van der Waals surface area contributed by atoms with E-state index in [9.17, 15) is 46.6 Å². The van der Waals surface area contributed by atoms with Crippen molar-refractivity contribution < 1.29 is 61.8 Å². The molecule has 0 radical (unpaired) electrons. The normalized spacial score (nSPS) is 17.7. The van der Waals surface area contributed by atoms with E-state index in [4.69, 9.17) is 15.2 Å². The van der Waals surface area contributed by atoms with E-state index in [0.29, 0.717) is 16.9 Å². The van der Waals surface area contributed by atoms with E-state index in [2.05, 4.69) is 36.1 Å². The number of hydrogen-bond acceptors (Lipinski definition) is 16. The van der Waals surface area contributed by atoms with E-state index in [1.807, 2.05) is 0 Å². The molecule has 2 aromatic heterocycles. The molecule has 2 atom stereocenters. The molecule has 0 bridgehead atoms. The lowest BCUT2D eigenvalue weighted by molar-refractivity contribution is -0.167. The highest BCUT2D eigenvalue weighted by Gasteiger charge is 2.54. The molecule has 1 unspecified atom stereocenters. The number of carboxylic acid groups (broad SMARTS) is 2. The van der Waals surface area contributed by atoms with Crippen molar-refractivity contribution in [3.05, 3.63) is 58.0 Å². The fraction of sp³-hybridized carbons (Fsp3) is 0.269. The van der Waals surface area contributed by atoms with Crippen molar-refractivity contribution in [1.29, 1.82) is 0 Å². The fourth-order valence-corrected chi connectivity index (χ4v) is 7.45. The van der Waals surface area contributed by atoms with Crippen LogP contribution < -0.4 is 10.6 Å². The first-order valence-electron chi connectivity index (χ1n) is 14.0. The summed E-state index contributed by atoms with van der Waals surface area (Å²) in [6, 6.07) is 3.71. The van der Waals surface area contributed by atoms with Gasteiger partial charge < -0.3 is 25.6 Å². The molecule has 3 aromatic rings. The number of thioether (sulfide) groups is 2. The zero-order chi connectivity index (χ0) is 37.7. The summed E-state index contributed by atoms with van der Waals surface area (Å²) in [4.78, 5) is 71.6. The van der Waals surface area contributed by atoms with Crippen LogP contribution in [0.1, 0.15) is 11.3 Å². The second-order valence-corrected chi connectivity index (χ2v) is 13.1. The average Bonchev–Trinajstić information content (AvgIpc) is 3.75. The van der Waals surface area contributed by atoms with Crippen molar-refractivity contribution in [2.75, 3.05) is 16.8 Å². The number of fused-ring (bicyclic) bond motifs is 1. The van der Waals surface area contributed by atoms with Crippen molar-refractivity contribution in [1.82, 2.24) is 35.4 Å². The van der Waals surface area contributed by atoms with E-state index < -0.39 is 76.2 Å². The molecule has 1 saturated heterocycles. The summed E-state index contributed by atoms with van der Waals surface area (Å²) in [5, 5.41) is 48.9. The van der Waals surface area contributed by atoms with E-state index in [1.54, 1.807) is 5.32 Å². The number of carboxylic acids is 2. The van der Waals surface area contributed by atoms with E-state index in [0.717, 1.165) is 50.6 Å². The first-order valence-corrected chi connectivity index (χ1v) is 16.9. The van der Waals surface area contributed by atoms with Crippen LogP contribution in [0, 0.1) is 5.82 Å². The number of benzene rings is 1. The van der Waals surface area contributed by atoms with Gasteiger partial charge in [-0.1, -0.05) is 34.2 Å². The first-order chi connectivity index (χ1) is 24.7. The molecular formula is C26H20F4N10O9S3. The summed E-state index contributed by atoms with van der Waals surface area (Å²) in [5.74, 6) is -7.78. The number of tetrazole rings is 1. The molecule has 0 spiro atoms. The molecule has 4 heterocycles. The molecule has 2 aliphatic rings. The van der Waals surface area contributed by atoms with Gasteiger partial charge in [-0.05, 0) is 33.7 Å². The lowest BCUT2D eigenvalue weighted by Crippen LogP contribution is -2.71. The fourth-order valence-electron chi connectivity index (χ4n) is 4.40. The zero-order valence-electron chi connectivity index (χ0n) is 25.5. The highest BCUT2D eigenvalue weighted by atomic mass is 32.2. The van der Waals surface area contributed by atoms with Gasteiger partial charge in [-0.15, -0.1) is 28.2 Å². The number of aliphatic carboxylic acids is 2. The predicted molar refractivity (Wildman–Crippen MR) is 170 cm³/mol. The van der Waals surface area contributed by atoms with Gasteiger partial charge in [0.05, 0.1) is 6.54 Å². The summed E-state index contributed by atoms with van der Waals surface area (Å²) in [6.07, 6.45) is -5.23. The smallest absolute Gasteiger partial charge is 0.471 e. The lowest BCUT2D eigenvalue weighted by Gasteiger charge is -2.49. The van der Waals surface area contributed by atoms with Gasteiger partial charge in [0, 0.05) is 16.9 Å². The molecule has 26 heteroatoms. The van der Waals surface area contributed by atoms with Gasteiger partial charge in [0.15, 0.2) is 16.6 Å². The topological polar surface area (TPSA) is 264 Å². The number of nitrogens with one attached hydrogen (secondary N) is 2. The number of aromatic nitrogens is 5. The van der Waals surface area contributed by atoms with Gasteiger partial charge in [0.25, 0.3) is 11.8 Å². The Kier molecular flexibility index (Phi) is 11.4. The number of thiazole rings is 1. The van der Waals surface area contributed by atoms with Gasteiger partial charge in [-0.3, -0.25) is 24.6 Å². The Morgan fingerprint density at radius 1 is 1.15 bits per heavy atom. The number of anilines is 1. The second-order valence-electron chi connectivity index (χ2n) is 10.2. The third-order valence-corrected chi connectivity index (χ3v) is 9.96. The number of carbonyl (C=O) groups is 5. The first kappa shape index (κ1) is 37.6. The number of halogens is 4. The quantitative estimate of drug-likeness (QED) is 0.0383. The SMILES string of the molecule is O=C(O)C(Cn1nnnc1SCC1=C(C(=O)O)N2C(=O)C(NC(=O)C(=NOCc3ccc(F)cc3)c3csc(NC(=O)C(F)(F)F)n3)[C@@H]2SC1)=NO. The van der Waals surface area contributed by atoms with Crippen LogP contribution in [0.4, 0.5) is 22.7 Å². The average molecular weight is 789 g/mol. The van der Waals surface area contributed by atoms with E-state index >= 15 is 0 Å². The van der Waals surface area contributed by atoms with Crippen molar-refractivity contribution >= 4 is 81.1 Å². The monoisotopic (exact) mass is 788 g/mol. The summed E-state index contributed by atoms with van der Waals surface area (Å²) >= 11 is 2.53. The lowest BCUT2D eigenvalue weighted by atomic mass is 10.0. The van der Waals surface area contributed by atoms with Gasteiger partial charge in [-0.2, -0.15) is 13.2 Å². The minimum atomic E-state index is -5.23. The van der Waals surface area contributed by atoms with E-state index in [-0.39, 0.29) is 40.2 Å². The highest BCUT2D eigenvalue weighted by Crippen LogP contribution is 2.41. The summed E-state index contributed by atoms with van der Waals surface area (Å²) in [5.41, 5.74) is -1.33. The largest absolute Gasteiger partial charge is 0.477 e. The Bertz CT molecular complexity index is 2000. The Hall–Kier alpha value is -5.63. The molecule has 3 amide bonds. The number of β-lactam (4-membered cyclic amide) rings is 1. The minimum absolute atomic E-state index is 0.0449. The number of nitrogens with zero attached hydrogens (tertiary/aromatic N) is 8. The molecule has 2 aliphatic heterocycles. The van der Waals surface area contributed by atoms with Crippen molar-refractivity contribution in [3.8, 4) is 0 Å². The minimum Gasteiger partial charge on any atom is -0.477 e. The third kappa shape index (κ3) is 8.45. The molecule has 52 heavy (non-hydrogen) atoms. The number of oxime groups is 2. The molecule has 1 aromatic carbocycles. The Morgan fingerprint density at radius 2 is 1.88 bits per heavy atom. The zero-order valence-corrected chi connectivity index (χ0v) is 27.9. The van der Waals surface area contributed by atoms with Gasteiger partial charge in [0.2, 0.25) is 5.16 Å². The van der Waals surface area contributed by atoms with Crippen LogP contribution in [0.15, 0.2) is 56.4 Å². The molecule has 0 aliphatic carbocycles. The van der Waals surface area contributed by atoms with Crippen LogP contribution >= 0.6 is 34.9 Å². The molecule has 1 fully saturated rings. The predicted octanol–water partition coefficient (Wildman–Crippen LogP) is 1.14. The summed E-state index contributed by atoms with van der Waals surface area (Å²) in [6.45, 7) is -0.801. The van der Waals surface area contributed by atoms with Crippen LogP contribution in [0.5, 0.6) is 0 Å². The van der Waals surface area contributed by atoms with Crippen LogP contribution in [0.25, 0.3) is 0 Å². The third-order valence-electron chi connectivity index (χ3n) is 6.82. The Labute approximate surface area is 298 Å². The van der Waals surface area contributed by atoms with Crippen LogP contribution in [-0.2, 0) is 42.0 Å². The van der Waals surface area contributed by atoms with Crippen LogP contribution in [0.3, 0.4) is 0 Å². The molecule has 5 N–H and O–H groups in total. The van der Waals surface area contributed by atoms with Crippen molar-refractivity contribution in [2.45, 2.75) is 35.9 Å². The molecular weight excluding hydrogens is 769 g/mol. The van der Waals surface area contributed by atoms with Gasteiger partial charge in [-0.25, -0.2) is 23.6 Å². The summed E-state index contributed by atoms with van der Waals surface area (Å²) in [7, 11) is 0. The highest BCUT2D eigenvalue weighted by molar-refractivity contribution is 8.01. The molecule has 274 valence electrons. The maximum atomic E-state index is 13.5. The number of carbonyl (C=O) groups excluding carboxylic acids is 3. The standard InChI is InChI=1S/C26H20F4N10O9S3/c27-12-3-1-10(2-4-12)6-49-36-15(14-9-51-24(31-14)33-23(47)26(28,29)30)18(41)32-16-19(42)40-17(22(45)46)11(7-50-20(16)40)8-52-25-34-37-38-39(25)5-13(35-48)21(43)44/h1-4,9,16,20,48H,5-8H2,(H,32,41)(H,43,44)(H,45,46)(H,31,33,47)/t16?,20-/m0/s1. The maximum absolute atomic E-state index is 13.5. The molecule has 5 rings (SSSR count). The molecule has 0 saturated carbocycles. The van der Waals surface area contributed by atoms with Crippen LogP contribution in [-0.4, -0.2) is 116 Å². The number of amides is 3. The van der Waals surface area contributed by atoms with Crippen LogP contribution in [0.2, 0.25) is 0 Å². The number of alkyl halides is 3. The Morgan fingerprint density at radius 3 is 2.54 bits per heavy atom. The number of hydrogen-bond donors (Lipinski definition) is 5. The summed E-state index contributed by atoms with van der Waals surface area (Å²) < 4.78 is 52.6. The number of rotatable bonds is 14. The maximum Gasteiger partial charge on any atom is 0.471 e. The van der Waals surface area contributed by atoms with E-state index in [1.165, 1.54) is 12.1 Å².